The fraction of sp³-hybridized carbons (Fsp3) is 0.409. The first-order chi connectivity index (χ1) is 14.0. The monoisotopic (exact) mass is 394 g/mol. The van der Waals surface area contributed by atoms with Gasteiger partial charge in [-0.1, -0.05) is 37.3 Å². The second-order valence-electron chi connectivity index (χ2n) is 8.14. The van der Waals surface area contributed by atoms with Gasteiger partial charge < -0.3 is 10.6 Å². The van der Waals surface area contributed by atoms with Crippen LogP contribution in [0.1, 0.15) is 35.7 Å². The number of likely N-dealkylation sites (tertiary alicyclic amines) is 1. The zero-order valence-corrected chi connectivity index (χ0v) is 16.5. The summed E-state index contributed by atoms with van der Waals surface area (Å²) < 4.78 is 0. The molecule has 7 nitrogen and oxygen atoms in total. The van der Waals surface area contributed by atoms with Crippen LogP contribution < -0.4 is 10.6 Å². The molecule has 1 saturated carbocycles. The SMILES string of the molecule is CC1CN(Cc2ccccc2)CC1Nc1ccc(C(=O)NC2CC2)cc1[N+](=O)[O-]. The molecule has 2 aromatic rings. The lowest BCUT2D eigenvalue weighted by molar-refractivity contribution is -0.384. The zero-order chi connectivity index (χ0) is 20.4. The van der Waals surface area contributed by atoms with E-state index in [1.165, 1.54) is 11.6 Å². The molecule has 2 unspecified atom stereocenters. The fourth-order valence-corrected chi connectivity index (χ4v) is 3.87. The first-order valence-electron chi connectivity index (χ1n) is 10.1. The topological polar surface area (TPSA) is 87.5 Å². The van der Waals surface area contributed by atoms with Gasteiger partial charge in [-0.15, -0.1) is 0 Å². The summed E-state index contributed by atoms with van der Waals surface area (Å²) in [5.41, 5.74) is 2.01. The number of hydrogen-bond donors (Lipinski definition) is 2. The quantitative estimate of drug-likeness (QED) is 0.555. The molecule has 1 heterocycles. The molecule has 0 aromatic heterocycles. The smallest absolute Gasteiger partial charge is 0.293 e. The number of rotatable bonds is 7. The minimum Gasteiger partial charge on any atom is -0.375 e. The number of benzene rings is 2. The molecule has 7 heteroatoms. The van der Waals surface area contributed by atoms with E-state index < -0.39 is 4.92 Å². The molecule has 2 fully saturated rings. The molecule has 152 valence electrons. The van der Waals surface area contributed by atoms with E-state index in [1.807, 2.05) is 18.2 Å². The van der Waals surface area contributed by atoms with Crippen LogP contribution in [0.4, 0.5) is 11.4 Å². The summed E-state index contributed by atoms with van der Waals surface area (Å²) >= 11 is 0. The Hall–Kier alpha value is -2.93. The summed E-state index contributed by atoms with van der Waals surface area (Å²) in [5.74, 6) is 0.113. The van der Waals surface area contributed by atoms with Crippen LogP contribution in [0.5, 0.6) is 0 Å². The zero-order valence-electron chi connectivity index (χ0n) is 16.5. The van der Waals surface area contributed by atoms with Crippen LogP contribution >= 0.6 is 0 Å². The van der Waals surface area contributed by atoms with E-state index in [0.29, 0.717) is 17.2 Å². The number of carbonyl (C=O) groups excluding carboxylic acids is 1. The molecule has 2 N–H and O–H groups in total. The van der Waals surface area contributed by atoms with E-state index in [0.717, 1.165) is 32.5 Å². The van der Waals surface area contributed by atoms with Crippen molar-refractivity contribution in [1.82, 2.24) is 10.2 Å². The van der Waals surface area contributed by atoms with Gasteiger partial charge >= 0.3 is 0 Å². The summed E-state index contributed by atoms with van der Waals surface area (Å²) in [7, 11) is 0. The summed E-state index contributed by atoms with van der Waals surface area (Å²) in [4.78, 5) is 25.8. The first-order valence-corrected chi connectivity index (χ1v) is 10.1. The third-order valence-corrected chi connectivity index (χ3v) is 5.65. The summed E-state index contributed by atoms with van der Waals surface area (Å²) in [6, 6.07) is 15.3. The van der Waals surface area contributed by atoms with Gasteiger partial charge in [0.25, 0.3) is 11.6 Å². The Morgan fingerprint density at radius 3 is 2.62 bits per heavy atom. The normalized spacial score (nSPS) is 21.7. The van der Waals surface area contributed by atoms with Crippen LogP contribution in [-0.2, 0) is 6.54 Å². The lowest BCUT2D eigenvalue weighted by atomic mass is 10.1. The number of amides is 1. The van der Waals surface area contributed by atoms with Gasteiger partial charge in [0.05, 0.1) is 4.92 Å². The Kier molecular flexibility index (Phi) is 5.49. The van der Waals surface area contributed by atoms with E-state index in [4.69, 9.17) is 0 Å². The third-order valence-electron chi connectivity index (χ3n) is 5.65. The van der Waals surface area contributed by atoms with Crippen molar-refractivity contribution in [2.45, 2.75) is 38.4 Å². The van der Waals surface area contributed by atoms with Crippen LogP contribution in [0, 0.1) is 16.0 Å². The highest BCUT2D eigenvalue weighted by molar-refractivity contribution is 5.96. The van der Waals surface area contributed by atoms with Gasteiger partial charge in [-0.05, 0) is 36.5 Å². The molecule has 1 amide bonds. The van der Waals surface area contributed by atoms with Crippen LogP contribution in [0.25, 0.3) is 0 Å². The average molecular weight is 394 g/mol. The highest BCUT2D eigenvalue weighted by atomic mass is 16.6. The third kappa shape index (κ3) is 4.74. The fourth-order valence-electron chi connectivity index (χ4n) is 3.87. The number of anilines is 1. The highest BCUT2D eigenvalue weighted by Gasteiger charge is 2.31. The average Bonchev–Trinajstić information content (AvgIpc) is 3.45. The lowest BCUT2D eigenvalue weighted by Gasteiger charge is -2.19. The Morgan fingerprint density at radius 1 is 1.17 bits per heavy atom. The predicted molar refractivity (Wildman–Crippen MR) is 112 cm³/mol. The number of nitro groups is 1. The van der Waals surface area contributed by atoms with Gasteiger partial charge in [0, 0.05) is 43.3 Å². The van der Waals surface area contributed by atoms with Crippen molar-refractivity contribution in [2.75, 3.05) is 18.4 Å². The molecular weight excluding hydrogens is 368 g/mol. The van der Waals surface area contributed by atoms with Crippen molar-refractivity contribution < 1.29 is 9.72 Å². The van der Waals surface area contributed by atoms with Crippen LogP contribution in [0.3, 0.4) is 0 Å². The number of nitrogens with one attached hydrogen (secondary N) is 2. The molecule has 0 spiro atoms. The van der Waals surface area contributed by atoms with Crippen molar-refractivity contribution in [2.24, 2.45) is 5.92 Å². The second kappa shape index (κ2) is 8.21. The first kappa shape index (κ1) is 19.4. The lowest BCUT2D eigenvalue weighted by Crippen LogP contribution is -2.28. The van der Waals surface area contributed by atoms with Gasteiger partial charge in [0.1, 0.15) is 5.69 Å². The maximum Gasteiger partial charge on any atom is 0.293 e. The van der Waals surface area contributed by atoms with Crippen molar-refractivity contribution in [3.05, 3.63) is 69.8 Å². The van der Waals surface area contributed by atoms with Crippen molar-refractivity contribution >= 4 is 17.3 Å². The van der Waals surface area contributed by atoms with Crippen molar-refractivity contribution in [1.29, 1.82) is 0 Å². The van der Waals surface area contributed by atoms with Gasteiger partial charge in [-0.2, -0.15) is 0 Å². The molecule has 2 atom stereocenters. The van der Waals surface area contributed by atoms with Crippen LogP contribution in [-0.4, -0.2) is 40.9 Å². The van der Waals surface area contributed by atoms with E-state index in [1.54, 1.807) is 12.1 Å². The molecule has 4 rings (SSSR count). The van der Waals surface area contributed by atoms with E-state index >= 15 is 0 Å². The number of nitro benzene ring substituents is 1. The van der Waals surface area contributed by atoms with Crippen molar-refractivity contribution in [3.8, 4) is 0 Å². The Labute approximate surface area is 170 Å². The molecular formula is C22H26N4O3. The molecule has 1 aliphatic heterocycles. The molecule has 0 bridgehead atoms. The largest absolute Gasteiger partial charge is 0.375 e. The summed E-state index contributed by atoms with van der Waals surface area (Å²) in [6.07, 6.45) is 1.96. The summed E-state index contributed by atoms with van der Waals surface area (Å²) in [5, 5.41) is 17.9. The molecule has 2 aromatic carbocycles. The highest BCUT2D eigenvalue weighted by Crippen LogP contribution is 2.30. The van der Waals surface area contributed by atoms with Crippen molar-refractivity contribution in [3.63, 3.8) is 0 Å². The number of hydrogen-bond acceptors (Lipinski definition) is 5. The standard InChI is InChI=1S/C22H26N4O3/c1-15-12-25(13-16-5-3-2-4-6-16)14-20(15)24-19-10-7-17(11-21(19)26(28)29)22(27)23-18-8-9-18/h2-7,10-11,15,18,20,24H,8-9,12-14H2,1H3,(H,23,27). The molecule has 1 aliphatic carbocycles. The minimum atomic E-state index is -0.419. The Morgan fingerprint density at radius 2 is 1.93 bits per heavy atom. The Balaban J connectivity index is 1.45. The molecule has 2 aliphatic rings. The molecule has 1 saturated heterocycles. The van der Waals surface area contributed by atoms with E-state index in [2.05, 4.69) is 34.6 Å². The van der Waals surface area contributed by atoms with Gasteiger partial charge in [-0.3, -0.25) is 19.8 Å². The van der Waals surface area contributed by atoms with Crippen LogP contribution in [0.15, 0.2) is 48.5 Å². The number of nitrogens with zero attached hydrogens (tertiary/aromatic N) is 2. The van der Waals surface area contributed by atoms with Gasteiger partial charge in [-0.25, -0.2) is 0 Å². The Bertz CT molecular complexity index is 898. The van der Waals surface area contributed by atoms with Gasteiger partial charge in [0.15, 0.2) is 0 Å². The number of carbonyl (C=O) groups is 1. The van der Waals surface area contributed by atoms with E-state index in [9.17, 15) is 14.9 Å². The van der Waals surface area contributed by atoms with Crippen LogP contribution in [0.2, 0.25) is 0 Å². The van der Waals surface area contributed by atoms with E-state index in [-0.39, 0.29) is 23.7 Å². The summed E-state index contributed by atoms with van der Waals surface area (Å²) in [6.45, 7) is 4.77. The maximum absolute atomic E-state index is 12.2. The molecule has 0 radical (unpaired) electrons. The predicted octanol–water partition coefficient (Wildman–Crippen LogP) is 3.42. The maximum atomic E-state index is 12.2. The minimum absolute atomic E-state index is 0.0536. The molecule has 29 heavy (non-hydrogen) atoms. The second-order valence-corrected chi connectivity index (χ2v) is 8.14. The van der Waals surface area contributed by atoms with Gasteiger partial charge in [0.2, 0.25) is 0 Å².